The number of aromatic nitrogens is 2. The highest BCUT2D eigenvalue weighted by atomic mass is 15.0. The number of hydrogen-bond donors (Lipinski definition) is 0. The van der Waals surface area contributed by atoms with E-state index in [2.05, 4.69) is 210 Å². The third-order valence-corrected chi connectivity index (χ3v) is 14.1. The van der Waals surface area contributed by atoms with E-state index in [1.54, 1.807) is 0 Å². The Balaban J connectivity index is 1.21. The summed E-state index contributed by atoms with van der Waals surface area (Å²) in [5.41, 5.74) is 18.8. The van der Waals surface area contributed by atoms with Crippen LogP contribution in [0.2, 0.25) is 0 Å². The van der Waals surface area contributed by atoms with Gasteiger partial charge in [0, 0.05) is 38.4 Å². The van der Waals surface area contributed by atoms with E-state index in [1.165, 1.54) is 99.5 Å². The molecule has 58 heavy (non-hydrogen) atoms. The van der Waals surface area contributed by atoms with Gasteiger partial charge >= 0.3 is 0 Å². The van der Waals surface area contributed by atoms with E-state index in [9.17, 15) is 0 Å². The molecule has 0 aliphatic heterocycles. The maximum absolute atomic E-state index is 2.58. The van der Waals surface area contributed by atoms with Crippen LogP contribution >= 0.6 is 0 Å². The minimum Gasteiger partial charge on any atom is -0.309 e. The third kappa shape index (κ3) is 4.97. The van der Waals surface area contributed by atoms with Gasteiger partial charge in [0.25, 0.3) is 0 Å². The Hall–Kier alpha value is -5.86. The monoisotopic (exact) mass is 752 g/mol. The Kier molecular flexibility index (Phi) is 7.22. The number of hydrogen-bond acceptors (Lipinski definition) is 0. The summed E-state index contributed by atoms with van der Waals surface area (Å²) in [6, 6.07) is 55.5. The van der Waals surface area contributed by atoms with Gasteiger partial charge < -0.3 is 9.13 Å². The van der Waals surface area contributed by atoms with Gasteiger partial charge in [-0.15, -0.1) is 0 Å². The molecule has 2 heterocycles. The van der Waals surface area contributed by atoms with Gasteiger partial charge in [0.05, 0.1) is 27.8 Å². The maximum Gasteiger partial charge on any atom is 0.0618 e. The van der Waals surface area contributed by atoms with Crippen LogP contribution in [0.1, 0.15) is 90.5 Å². The summed E-state index contributed by atoms with van der Waals surface area (Å²) in [6.07, 6.45) is 2.29. The summed E-state index contributed by atoms with van der Waals surface area (Å²) in [6.45, 7) is 19.4. The molecule has 2 nitrogen and oxygen atoms in total. The van der Waals surface area contributed by atoms with Gasteiger partial charge in [-0.1, -0.05) is 165 Å². The predicted octanol–water partition coefficient (Wildman–Crippen LogP) is 15.1. The van der Waals surface area contributed by atoms with Crippen molar-refractivity contribution in [3.8, 4) is 33.6 Å². The quantitative estimate of drug-likeness (QED) is 0.169. The molecule has 2 aliphatic rings. The number of para-hydroxylation sites is 4. The maximum atomic E-state index is 2.58. The fraction of sp³-hybridized carbons (Fsp3) is 0.250. The molecule has 0 amide bonds. The number of fused-ring (bicyclic) bond motifs is 8. The van der Waals surface area contributed by atoms with Gasteiger partial charge in [0.2, 0.25) is 0 Å². The van der Waals surface area contributed by atoms with Crippen LogP contribution in [-0.4, -0.2) is 9.13 Å². The van der Waals surface area contributed by atoms with E-state index < -0.39 is 0 Å². The molecule has 2 aromatic heterocycles. The first-order chi connectivity index (χ1) is 27.7. The minimum absolute atomic E-state index is 0.0983. The van der Waals surface area contributed by atoms with Crippen molar-refractivity contribution < 1.29 is 0 Å². The van der Waals surface area contributed by atoms with Gasteiger partial charge in [-0.3, -0.25) is 0 Å². The fourth-order valence-electron chi connectivity index (χ4n) is 12.1. The van der Waals surface area contributed by atoms with Crippen molar-refractivity contribution in [2.24, 2.45) is 0 Å². The van der Waals surface area contributed by atoms with Crippen LogP contribution in [0.25, 0.3) is 77.2 Å². The zero-order valence-corrected chi connectivity index (χ0v) is 35.2. The molecule has 0 saturated heterocycles. The number of rotatable bonds is 4. The molecule has 286 valence electrons. The average molecular weight is 753 g/mol. The summed E-state index contributed by atoms with van der Waals surface area (Å²) >= 11 is 0. The van der Waals surface area contributed by atoms with Crippen molar-refractivity contribution in [1.82, 2.24) is 9.13 Å². The summed E-state index contributed by atoms with van der Waals surface area (Å²) in [7, 11) is 0. The Morgan fingerprint density at radius 1 is 0.345 bits per heavy atom. The molecule has 2 heteroatoms. The molecule has 0 spiro atoms. The molecule has 0 unspecified atom stereocenters. The molecular weight excluding hydrogens is 701 g/mol. The lowest BCUT2D eigenvalue weighted by molar-refractivity contribution is 0.402. The normalized spacial score (nSPS) is 17.4. The van der Waals surface area contributed by atoms with Crippen LogP contribution in [0.3, 0.4) is 0 Å². The molecule has 0 radical (unpaired) electrons. The van der Waals surface area contributed by atoms with Gasteiger partial charge in [-0.2, -0.15) is 0 Å². The largest absolute Gasteiger partial charge is 0.309 e. The second-order valence-corrected chi connectivity index (χ2v) is 20.0. The topological polar surface area (TPSA) is 9.86 Å². The van der Waals surface area contributed by atoms with Crippen LogP contribution in [-0.2, 0) is 21.7 Å². The predicted molar refractivity (Wildman–Crippen MR) is 247 cm³/mol. The van der Waals surface area contributed by atoms with E-state index in [0.717, 1.165) is 12.8 Å². The third-order valence-electron chi connectivity index (χ3n) is 14.1. The van der Waals surface area contributed by atoms with E-state index in [-0.39, 0.29) is 21.7 Å². The molecule has 7 aromatic carbocycles. The highest BCUT2D eigenvalue weighted by Gasteiger charge is 2.43. The van der Waals surface area contributed by atoms with Crippen molar-refractivity contribution in [2.75, 3.05) is 0 Å². The Morgan fingerprint density at radius 2 is 0.759 bits per heavy atom. The van der Waals surface area contributed by atoms with Crippen LogP contribution in [0.4, 0.5) is 0 Å². The number of benzene rings is 7. The van der Waals surface area contributed by atoms with Crippen LogP contribution in [0.15, 0.2) is 146 Å². The highest BCUT2D eigenvalue weighted by Crippen LogP contribution is 2.53. The molecule has 9 aromatic rings. The Labute approximate surface area is 342 Å². The lowest BCUT2D eigenvalue weighted by Crippen LogP contribution is -2.18. The first-order valence-corrected chi connectivity index (χ1v) is 21.2. The van der Waals surface area contributed by atoms with Crippen molar-refractivity contribution in [3.63, 3.8) is 0 Å². The molecule has 0 atom stereocenters. The average Bonchev–Trinajstić information content (AvgIpc) is 3.83. The first kappa shape index (κ1) is 35.3. The summed E-state index contributed by atoms with van der Waals surface area (Å²) in [5, 5.41) is 5.07. The van der Waals surface area contributed by atoms with E-state index in [4.69, 9.17) is 0 Å². The van der Waals surface area contributed by atoms with Crippen LogP contribution < -0.4 is 0 Å². The smallest absolute Gasteiger partial charge is 0.0618 e. The van der Waals surface area contributed by atoms with Gasteiger partial charge in [0.1, 0.15) is 0 Å². The standard InChI is InChI=1S/C56H52N2/c1-53(2)33-55(5,6)46-30-35(24-27-44(46)53)38-19-15-20-39(36-25-28-45-47(31-36)56(7,8)34-54(45,3)4)52(38)58-50-23-14-11-18-42(50)43-32-37(26-29-51(43)58)57-48-21-12-9-16-40(48)41-17-10-13-22-49(41)57/h9-32H,33-34H2,1-8H3. The Morgan fingerprint density at radius 3 is 1.26 bits per heavy atom. The SMILES string of the molecule is CC1(C)CC(C)(C)c2cc(-c3cccc(-c4ccc5c(c4)C(C)(C)CC5(C)C)c3-n3c4ccccc4c4cc(-n5c6ccccc6c6ccccc65)ccc43)ccc21. The molecule has 0 saturated carbocycles. The van der Waals surface area contributed by atoms with E-state index >= 15 is 0 Å². The lowest BCUT2D eigenvalue weighted by Gasteiger charge is -2.23. The van der Waals surface area contributed by atoms with Crippen LogP contribution in [0, 0.1) is 0 Å². The van der Waals surface area contributed by atoms with Crippen molar-refractivity contribution in [1.29, 1.82) is 0 Å². The molecule has 0 bridgehead atoms. The zero-order valence-electron chi connectivity index (χ0n) is 35.2. The lowest BCUT2D eigenvalue weighted by atomic mass is 9.82. The molecule has 0 fully saturated rings. The molecule has 11 rings (SSSR count). The second kappa shape index (κ2) is 11.9. The summed E-state index contributed by atoms with van der Waals surface area (Å²) < 4.78 is 5.02. The number of nitrogens with zero attached hydrogens (tertiary/aromatic N) is 2. The van der Waals surface area contributed by atoms with Crippen molar-refractivity contribution in [2.45, 2.75) is 89.9 Å². The highest BCUT2D eigenvalue weighted by molar-refractivity contribution is 6.13. The summed E-state index contributed by atoms with van der Waals surface area (Å²) in [4.78, 5) is 0. The fourth-order valence-corrected chi connectivity index (χ4v) is 12.1. The zero-order chi connectivity index (χ0) is 39.9. The minimum atomic E-state index is 0.0983. The van der Waals surface area contributed by atoms with Crippen molar-refractivity contribution in [3.05, 3.63) is 168 Å². The first-order valence-electron chi connectivity index (χ1n) is 21.2. The second-order valence-electron chi connectivity index (χ2n) is 20.0. The Bertz CT molecular complexity index is 3030. The van der Waals surface area contributed by atoms with Gasteiger partial charge in [0.15, 0.2) is 0 Å². The molecular formula is C56H52N2. The van der Waals surface area contributed by atoms with Gasteiger partial charge in [-0.25, -0.2) is 0 Å². The summed E-state index contributed by atoms with van der Waals surface area (Å²) in [5.74, 6) is 0. The van der Waals surface area contributed by atoms with Gasteiger partial charge in [-0.05, 0) is 104 Å². The molecule has 0 N–H and O–H groups in total. The van der Waals surface area contributed by atoms with E-state index in [0.29, 0.717) is 0 Å². The van der Waals surface area contributed by atoms with E-state index in [1.807, 2.05) is 0 Å². The van der Waals surface area contributed by atoms with Crippen LogP contribution in [0.5, 0.6) is 0 Å². The van der Waals surface area contributed by atoms with Crippen molar-refractivity contribution >= 4 is 43.6 Å². The molecule has 2 aliphatic carbocycles.